The molecule has 0 saturated heterocycles. The zero-order chi connectivity index (χ0) is 34.7. The van der Waals surface area contributed by atoms with Crippen molar-refractivity contribution in [1.29, 1.82) is 0 Å². The van der Waals surface area contributed by atoms with E-state index in [9.17, 15) is 0 Å². The maximum Gasteiger partial charge on any atom is 0.0774 e. The second kappa shape index (κ2) is 14.8. The summed E-state index contributed by atoms with van der Waals surface area (Å²) >= 11 is 0. The predicted octanol–water partition coefficient (Wildman–Crippen LogP) is 11.0. The van der Waals surface area contributed by atoms with Crippen molar-refractivity contribution < 1.29 is 28.6 Å². The van der Waals surface area contributed by atoms with Gasteiger partial charge in [-0.25, -0.2) is 0 Å². The molecule has 0 aliphatic heterocycles. The normalized spacial score (nSPS) is 12.1. The van der Waals surface area contributed by atoms with Crippen molar-refractivity contribution >= 4 is 22.0 Å². The molecule has 0 N–H and O–H groups in total. The number of para-hydroxylation sites is 2. The minimum absolute atomic E-state index is 0. The van der Waals surface area contributed by atoms with Gasteiger partial charge in [-0.1, -0.05) is 109 Å². The van der Waals surface area contributed by atoms with Gasteiger partial charge in [0.15, 0.2) is 0 Å². The summed E-state index contributed by atoms with van der Waals surface area (Å²) in [6, 6.07) is 47.6. The molecule has 0 amide bonds. The second-order valence-electron chi connectivity index (χ2n) is 11.9. The van der Waals surface area contributed by atoms with Crippen LogP contribution < -0.4 is 0 Å². The number of benzene rings is 5. The molecule has 8 rings (SSSR count). The van der Waals surface area contributed by atoms with Crippen LogP contribution in [0.2, 0.25) is 0 Å². The molecule has 4 nitrogen and oxygen atoms in total. The third-order valence-electron chi connectivity index (χ3n) is 7.99. The van der Waals surface area contributed by atoms with E-state index in [0.717, 1.165) is 56.8 Å². The number of imidazole rings is 1. The van der Waals surface area contributed by atoms with Crippen molar-refractivity contribution in [1.82, 2.24) is 14.5 Å². The molecular weight excluding hydrogens is 767 g/mol. The van der Waals surface area contributed by atoms with Gasteiger partial charge in [0.1, 0.15) is 0 Å². The largest absolute Gasteiger partial charge is 0.557 e. The maximum atomic E-state index is 7.23. The van der Waals surface area contributed by atoms with Crippen molar-refractivity contribution in [2.75, 3.05) is 0 Å². The number of furan rings is 1. The molecular formula is C43H35IrN3O-2. The fourth-order valence-corrected chi connectivity index (χ4v) is 5.78. The summed E-state index contributed by atoms with van der Waals surface area (Å²) < 4.78 is 29.8. The zero-order valence-corrected chi connectivity index (χ0v) is 29.0. The molecule has 3 heterocycles. The van der Waals surface area contributed by atoms with Crippen LogP contribution in [0.25, 0.3) is 61.5 Å². The molecule has 0 unspecified atom stereocenters. The van der Waals surface area contributed by atoms with Gasteiger partial charge in [-0.2, -0.15) is 0 Å². The molecule has 3 aromatic heterocycles. The molecule has 48 heavy (non-hydrogen) atoms. The molecule has 5 aromatic carbocycles. The van der Waals surface area contributed by atoms with E-state index in [1.807, 2.05) is 30.3 Å². The molecule has 0 bridgehead atoms. The monoisotopic (exact) mass is 805 g/mol. The first kappa shape index (κ1) is 29.1. The van der Waals surface area contributed by atoms with Crippen LogP contribution in [0.1, 0.15) is 29.1 Å². The number of pyridine rings is 1. The molecule has 0 aliphatic rings. The summed E-state index contributed by atoms with van der Waals surface area (Å²) in [5, 5.41) is 1.03. The minimum Gasteiger partial charge on any atom is -0.557 e. The molecule has 0 spiro atoms. The van der Waals surface area contributed by atoms with Crippen LogP contribution in [-0.2, 0) is 26.5 Å². The Labute approximate surface area is 299 Å². The first-order valence-corrected chi connectivity index (χ1v) is 15.7. The number of aryl methyl sites for hydroxylation is 1. The van der Waals surface area contributed by atoms with Crippen LogP contribution >= 0.6 is 0 Å². The van der Waals surface area contributed by atoms with E-state index < -0.39 is 6.85 Å². The van der Waals surface area contributed by atoms with E-state index in [4.69, 9.17) is 13.5 Å². The number of rotatable bonds is 6. The third-order valence-corrected chi connectivity index (χ3v) is 7.99. The van der Waals surface area contributed by atoms with Crippen LogP contribution in [0.4, 0.5) is 0 Å². The van der Waals surface area contributed by atoms with E-state index in [1.165, 1.54) is 22.9 Å². The maximum absolute atomic E-state index is 7.23. The first-order valence-electron chi connectivity index (χ1n) is 17.2. The average molecular weight is 805 g/mol. The van der Waals surface area contributed by atoms with Gasteiger partial charge in [-0.3, -0.25) is 4.98 Å². The van der Waals surface area contributed by atoms with Crippen LogP contribution in [-0.4, -0.2) is 14.5 Å². The van der Waals surface area contributed by atoms with Gasteiger partial charge in [0.2, 0.25) is 0 Å². The summed E-state index contributed by atoms with van der Waals surface area (Å²) in [7, 11) is 0. The van der Waals surface area contributed by atoms with Gasteiger partial charge in [-0.05, 0) is 65.8 Å². The van der Waals surface area contributed by atoms with Gasteiger partial charge in [-0.15, -0.1) is 42.0 Å². The van der Waals surface area contributed by atoms with Crippen molar-refractivity contribution in [3.8, 4) is 39.5 Å². The summed E-state index contributed by atoms with van der Waals surface area (Å²) in [5.74, 6) is 1.43. The third kappa shape index (κ3) is 7.08. The van der Waals surface area contributed by atoms with Crippen molar-refractivity contribution in [2.24, 2.45) is 5.92 Å². The Morgan fingerprint density at radius 1 is 0.812 bits per heavy atom. The summed E-state index contributed by atoms with van der Waals surface area (Å²) in [6.45, 7) is 2.37. The Balaban J connectivity index is 0.000000222. The fraction of sp³-hybridized carbons (Fsp3) is 0.116. The standard InChI is InChI=1S/C31H25N2O.C12H10N.Ir/c1-21(2)18-22-12-17-26-27(20-34-30(26)19-22)31-32-28-10-6-7-11-29(28)33(31)25-15-13-24(14-16-25)23-8-4-3-5-9-23;1-10-7-8-12(13-9-10)11-5-3-2-4-6-11;/h3-17,19,21H,18H2,1-2H3;2-5,7-9H,1H3;/q2*-1;/i;1D3;. The van der Waals surface area contributed by atoms with Gasteiger partial charge in [0.25, 0.3) is 0 Å². The minimum atomic E-state index is -2.09. The predicted molar refractivity (Wildman–Crippen MR) is 192 cm³/mol. The van der Waals surface area contributed by atoms with Gasteiger partial charge in [0.05, 0.1) is 16.9 Å². The Kier molecular flexibility index (Phi) is 8.95. The van der Waals surface area contributed by atoms with Gasteiger partial charge >= 0.3 is 0 Å². The molecule has 1 radical (unpaired) electrons. The Hall–Kier alpha value is -5.09. The number of fused-ring (bicyclic) bond motifs is 2. The molecule has 8 aromatic rings. The number of hydrogen-bond acceptors (Lipinski definition) is 3. The van der Waals surface area contributed by atoms with Crippen LogP contribution in [0.5, 0.6) is 0 Å². The van der Waals surface area contributed by atoms with Gasteiger partial charge in [0, 0.05) is 47.9 Å². The van der Waals surface area contributed by atoms with E-state index in [0.29, 0.717) is 5.92 Å². The second-order valence-corrected chi connectivity index (χ2v) is 11.9. The first-order chi connectivity index (χ1) is 24.2. The average Bonchev–Trinajstić information content (AvgIpc) is 3.73. The van der Waals surface area contributed by atoms with Crippen molar-refractivity contribution in [3.05, 3.63) is 163 Å². The Morgan fingerprint density at radius 3 is 2.31 bits per heavy atom. The number of hydrogen-bond donors (Lipinski definition) is 0. The van der Waals surface area contributed by atoms with E-state index in [-0.39, 0.29) is 25.7 Å². The summed E-state index contributed by atoms with van der Waals surface area (Å²) in [4.78, 5) is 9.13. The summed E-state index contributed by atoms with van der Waals surface area (Å²) in [5.41, 5.74) is 10.3. The molecule has 239 valence electrons. The molecule has 0 aliphatic carbocycles. The van der Waals surface area contributed by atoms with Crippen LogP contribution in [0.15, 0.2) is 144 Å². The van der Waals surface area contributed by atoms with Gasteiger partial charge < -0.3 is 14.0 Å². The van der Waals surface area contributed by atoms with Crippen LogP contribution in [0, 0.1) is 25.1 Å². The molecule has 0 saturated carbocycles. The van der Waals surface area contributed by atoms with Crippen molar-refractivity contribution in [2.45, 2.75) is 27.1 Å². The SMILES string of the molecule is CC(C)Cc1ccc2c(-c3nc4ccccc4n3-c3ccc(-c4ccccc4)cc3)[c-]oc2c1.[2H]C([2H])([2H])c1ccc(-c2[c-]cccc2)nc1.[Ir]. The Bertz CT molecular complexity index is 2350. The smallest absolute Gasteiger partial charge is 0.0774 e. The van der Waals surface area contributed by atoms with Crippen LogP contribution in [0.3, 0.4) is 0 Å². The fourth-order valence-electron chi connectivity index (χ4n) is 5.78. The van der Waals surface area contributed by atoms with E-state index in [2.05, 4.69) is 121 Å². The molecule has 0 fully saturated rings. The quantitative estimate of drug-likeness (QED) is 0.157. The Morgan fingerprint density at radius 2 is 1.58 bits per heavy atom. The number of nitrogens with zero attached hydrogens (tertiary/aromatic N) is 3. The number of aromatic nitrogens is 3. The molecule has 5 heteroatoms. The van der Waals surface area contributed by atoms with E-state index >= 15 is 0 Å². The zero-order valence-electron chi connectivity index (χ0n) is 29.6. The molecule has 0 atom stereocenters. The van der Waals surface area contributed by atoms with E-state index in [1.54, 1.807) is 18.2 Å². The summed E-state index contributed by atoms with van der Waals surface area (Å²) in [6.07, 6.45) is 5.58. The van der Waals surface area contributed by atoms with Crippen molar-refractivity contribution in [3.63, 3.8) is 0 Å². The topological polar surface area (TPSA) is 43.9 Å².